The number of hydrogen-bond acceptors (Lipinski definition) is 2. The predicted molar refractivity (Wildman–Crippen MR) is 93.2 cm³/mol. The minimum atomic E-state index is 0.210. The fourth-order valence-corrected chi connectivity index (χ4v) is 4.58. The molecule has 2 saturated carbocycles. The molecule has 0 aliphatic heterocycles. The van der Waals surface area contributed by atoms with E-state index in [0.717, 1.165) is 18.4 Å². The van der Waals surface area contributed by atoms with Crippen molar-refractivity contribution in [2.75, 3.05) is 0 Å². The highest BCUT2D eigenvalue weighted by atomic mass is 16.1. The van der Waals surface area contributed by atoms with E-state index in [1.54, 1.807) is 6.20 Å². The van der Waals surface area contributed by atoms with Gasteiger partial charge in [0.25, 0.3) is 0 Å². The molecule has 126 valence electrons. The lowest BCUT2D eigenvalue weighted by molar-refractivity contribution is -0.122. The fraction of sp³-hybridized carbons (Fsp3) is 0.500. The summed E-state index contributed by atoms with van der Waals surface area (Å²) in [6, 6.07) is 10.2. The summed E-state index contributed by atoms with van der Waals surface area (Å²) >= 11 is 0. The summed E-state index contributed by atoms with van der Waals surface area (Å²) in [4.78, 5) is 12.3. The van der Waals surface area contributed by atoms with Gasteiger partial charge in [-0.05, 0) is 54.2 Å². The summed E-state index contributed by atoms with van der Waals surface area (Å²) in [6.07, 6.45) is 9.84. The van der Waals surface area contributed by atoms with Crippen LogP contribution in [-0.2, 0) is 17.9 Å². The maximum atomic E-state index is 12.3. The number of benzene rings is 1. The van der Waals surface area contributed by atoms with Crippen LogP contribution in [0.4, 0.5) is 0 Å². The molecule has 3 atom stereocenters. The second kappa shape index (κ2) is 6.80. The first-order valence-corrected chi connectivity index (χ1v) is 9.09. The Labute approximate surface area is 143 Å². The molecule has 1 aromatic heterocycles. The van der Waals surface area contributed by atoms with E-state index in [2.05, 4.69) is 22.5 Å². The maximum absolute atomic E-state index is 12.3. The highest BCUT2D eigenvalue weighted by molar-refractivity contribution is 5.76. The summed E-state index contributed by atoms with van der Waals surface area (Å²) in [5.41, 5.74) is 2.38. The molecular weight excluding hydrogens is 298 g/mol. The standard InChI is InChI=1S/C20H25N3O/c24-20(12-19-11-15-6-7-16(19)10-15)21-13-17-4-1-2-5-18(17)14-23-9-3-8-22-23/h1-5,8-9,15-16,19H,6-7,10-14H2,(H,21,24)/t15-,16-,19-/m0/s1. The van der Waals surface area contributed by atoms with Gasteiger partial charge >= 0.3 is 0 Å². The second-order valence-corrected chi connectivity index (χ2v) is 7.39. The lowest BCUT2D eigenvalue weighted by Crippen LogP contribution is -2.27. The molecule has 2 aromatic rings. The number of amides is 1. The zero-order valence-electron chi connectivity index (χ0n) is 14.0. The van der Waals surface area contributed by atoms with Crippen LogP contribution in [0.5, 0.6) is 0 Å². The molecule has 1 N–H and O–H groups in total. The highest BCUT2D eigenvalue weighted by Crippen LogP contribution is 2.49. The number of carbonyl (C=O) groups is 1. The topological polar surface area (TPSA) is 46.9 Å². The van der Waals surface area contributed by atoms with Gasteiger partial charge in [-0.3, -0.25) is 9.48 Å². The van der Waals surface area contributed by atoms with E-state index >= 15 is 0 Å². The van der Waals surface area contributed by atoms with Crippen LogP contribution < -0.4 is 5.32 Å². The summed E-state index contributed by atoms with van der Waals surface area (Å²) < 4.78 is 1.91. The van der Waals surface area contributed by atoms with Crippen molar-refractivity contribution in [3.8, 4) is 0 Å². The number of fused-ring (bicyclic) bond motifs is 2. The third-order valence-electron chi connectivity index (χ3n) is 5.82. The van der Waals surface area contributed by atoms with Crippen molar-refractivity contribution >= 4 is 5.91 Å². The first-order valence-electron chi connectivity index (χ1n) is 9.09. The van der Waals surface area contributed by atoms with Crippen LogP contribution >= 0.6 is 0 Å². The molecule has 0 radical (unpaired) electrons. The minimum Gasteiger partial charge on any atom is -0.352 e. The summed E-state index contributed by atoms with van der Waals surface area (Å²) in [7, 11) is 0. The van der Waals surface area contributed by atoms with Gasteiger partial charge in [-0.25, -0.2) is 0 Å². The third kappa shape index (κ3) is 3.37. The maximum Gasteiger partial charge on any atom is 0.220 e. The van der Waals surface area contributed by atoms with Crippen LogP contribution in [-0.4, -0.2) is 15.7 Å². The Morgan fingerprint density at radius 1 is 1.17 bits per heavy atom. The van der Waals surface area contributed by atoms with E-state index in [9.17, 15) is 4.79 Å². The molecule has 2 bridgehead atoms. The molecule has 1 amide bonds. The SMILES string of the molecule is O=C(C[C@@H]1C[C@H]2CC[C@H]1C2)NCc1ccccc1Cn1cccn1. The number of aromatic nitrogens is 2. The van der Waals surface area contributed by atoms with Crippen molar-refractivity contribution in [2.45, 2.75) is 45.2 Å². The zero-order valence-corrected chi connectivity index (χ0v) is 14.0. The molecule has 4 nitrogen and oxygen atoms in total. The first-order chi connectivity index (χ1) is 11.8. The normalized spacial score (nSPS) is 25.1. The molecule has 0 spiro atoms. The summed E-state index contributed by atoms with van der Waals surface area (Å²) in [5.74, 6) is 2.56. The highest BCUT2D eigenvalue weighted by Gasteiger charge is 2.39. The Bertz CT molecular complexity index is 695. The predicted octanol–water partition coefficient (Wildman–Crippen LogP) is 3.37. The van der Waals surface area contributed by atoms with Gasteiger partial charge in [0.1, 0.15) is 0 Å². The molecule has 4 rings (SSSR count). The molecule has 2 aliphatic carbocycles. The van der Waals surface area contributed by atoms with Crippen LogP contribution in [0.25, 0.3) is 0 Å². The van der Waals surface area contributed by atoms with E-state index < -0.39 is 0 Å². The lowest BCUT2D eigenvalue weighted by Gasteiger charge is -2.21. The van der Waals surface area contributed by atoms with Crippen LogP contribution in [0.3, 0.4) is 0 Å². The second-order valence-electron chi connectivity index (χ2n) is 7.39. The molecule has 1 aromatic carbocycles. The van der Waals surface area contributed by atoms with Gasteiger partial charge in [0.2, 0.25) is 5.91 Å². The van der Waals surface area contributed by atoms with Gasteiger partial charge in [0.05, 0.1) is 6.54 Å². The molecular formula is C20H25N3O. The number of carbonyl (C=O) groups excluding carboxylic acids is 1. The first kappa shape index (κ1) is 15.4. The molecule has 0 unspecified atom stereocenters. The zero-order chi connectivity index (χ0) is 16.4. The molecule has 2 aliphatic rings. The summed E-state index contributed by atoms with van der Waals surface area (Å²) in [6.45, 7) is 1.35. The van der Waals surface area contributed by atoms with Gasteiger partial charge in [-0.2, -0.15) is 5.10 Å². The lowest BCUT2D eigenvalue weighted by atomic mass is 9.86. The van der Waals surface area contributed by atoms with E-state index in [0.29, 0.717) is 18.9 Å². The van der Waals surface area contributed by atoms with E-state index in [1.165, 1.54) is 36.8 Å². The Hall–Kier alpha value is -2.10. The number of nitrogens with one attached hydrogen (secondary N) is 1. The Kier molecular flexibility index (Phi) is 4.37. The average Bonchev–Trinajstić information content (AvgIpc) is 3.32. The molecule has 24 heavy (non-hydrogen) atoms. The Balaban J connectivity index is 1.33. The molecule has 0 saturated heterocycles. The Morgan fingerprint density at radius 3 is 2.75 bits per heavy atom. The molecule has 2 fully saturated rings. The van der Waals surface area contributed by atoms with E-state index in [1.807, 2.05) is 29.1 Å². The largest absolute Gasteiger partial charge is 0.352 e. The van der Waals surface area contributed by atoms with Gasteiger partial charge in [0, 0.05) is 25.4 Å². The van der Waals surface area contributed by atoms with Gasteiger partial charge in [0.15, 0.2) is 0 Å². The van der Waals surface area contributed by atoms with Crippen molar-refractivity contribution < 1.29 is 4.79 Å². The van der Waals surface area contributed by atoms with Crippen molar-refractivity contribution in [3.05, 3.63) is 53.9 Å². The van der Waals surface area contributed by atoms with Crippen molar-refractivity contribution in [3.63, 3.8) is 0 Å². The van der Waals surface area contributed by atoms with E-state index in [-0.39, 0.29) is 5.91 Å². The fourth-order valence-electron chi connectivity index (χ4n) is 4.58. The van der Waals surface area contributed by atoms with Gasteiger partial charge in [-0.15, -0.1) is 0 Å². The number of hydrogen-bond donors (Lipinski definition) is 1. The quantitative estimate of drug-likeness (QED) is 0.886. The van der Waals surface area contributed by atoms with Crippen LogP contribution in [0.2, 0.25) is 0 Å². The average molecular weight is 323 g/mol. The van der Waals surface area contributed by atoms with Gasteiger partial charge < -0.3 is 5.32 Å². The van der Waals surface area contributed by atoms with E-state index in [4.69, 9.17) is 0 Å². The molecule has 1 heterocycles. The van der Waals surface area contributed by atoms with Crippen molar-refractivity contribution in [2.24, 2.45) is 17.8 Å². The van der Waals surface area contributed by atoms with Crippen LogP contribution in [0, 0.1) is 17.8 Å². The van der Waals surface area contributed by atoms with Crippen molar-refractivity contribution in [1.82, 2.24) is 15.1 Å². The molecule has 4 heteroatoms. The minimum absolute atomic E-state index is 0.210. The van der Waals surface area contributed by atoms with Crippen LogP contribution in [0.1, 0.15) is 43.2 Å². The smallest absolute Gasteiger partial charge is 0.220 e. The van der Waals surface area contributed by atoms with Crippen molar-refractivity contribution in [1.29, 1.82) is 0 Å². The number of rotatable bonds is 6. The summed E-state index contributed by atoms with van der Waals surface area (Å²) in [5, 5.41) is 7.40. The van der Waals surface area contributed by atoms with Crippen LogP contribution in [0.15, 0.2) is 42.7 Å². The Morgan fingerprint density at radius 2 is 2.04 bits per heavy atom. The number of nitrogens with zero attached hydrogens (tertiary/aromatic N) is 2. The van der Waals surface area contributed by atoms with Gasteiger partial charge in [-0.1, -0.05) is 30.7 Å². The monoisotopic (exact) mass is 323 g/mol. The third-order valence-corrected chi connectivity index (χ3v) is 5.82.